The first-order valence-corrected chi connectivity index (χ1v) is 5.02. The van der Waals surface area contributed by atoms with Gasteiger partial charge in [0.1, 0.15) is 0 Å². The van der Waals surface area contributed by atoms with Gasteiger partial charge in [-0.25, -0.2) is 0 Å². The van der Waals surface area contributed by atoms with Crippen molar-refractivity contribution in [3.05, 3.63) is 23.5 Å². The summed E-state index contributed by atoms with van der Waals surface area (Å²) in [4.78, 5) is 0. The van der Waals surface area contributed by atoms with Crippen molar-refractivity contribution in [1.29, 1.82) is 0 Å². The van der Waals surface area contributed by atoms with Gasteiger partial charge in [-0.05, 0) is 31.5 Å². The lowest BCUT2D eigenvalue weighted by Crippen LogP contribution is -2.13. The maximum absolute atomic E-state index is 13.5. The Morgan fingerprint density at radius 3 is 2.93 bits per heavy atom. The van der Waals surface area contributed by atoms with Gasteiger partial charge < -0.3 is 15.2 Å². The highest BCUT2D eigenvalue weighted by atomic mass is 19.1. The van der Waals surface area contributed by atoms with Gasteiger partial charge in [-0.2, -0.15) is 4.39 Å². The Balaban J connectivity index is 2.36. The predicted octanol–water partition coefficient (Wildman–Crippen LogP) is 1.96. The van der Waals surface area contributed by atoms with Crippen LogP contribution in [0.1, 0.15) is 24.4 Å². The third kappa shape index (κ3) is 1.77. The molecule has 3 nitrogen and oxygen atoms in total. The van der Waals surface area contributed by atoms with Gasteiger partial charge in [-0.3, -0.25) is 0 Å². The molecule has 0 saturated carbocycles. The molecular formula is C11H14FNO2. The van der Waals surface area contributed by atoms with Gasteiger partial charge in [0.15, 0.2) is 11.5 Å². The molecule has 1 aliphatic heterocycles. The SMILES string of the molecule is COc1ccc(C2CCCN2)c(O)c1F. The summed E-state index contributed by atoms with van der Waals surface area (Å²) in [5.41, 5.74) is 0.616. The highest BCUT2D eigenvalue weighted by Crippen LogP contribution is 2.35. The van der Waals surface area contributed by atoms with E-state index in [0.29, 0.717) is 5.56 Å². The fourth-order valence-corrected chi connectivity index (χ4v) is 1.95. The normalized spacial score (nSPS) is 20.5. The first-order valence-electron chi connectivity index (χ1n) is 5.02. The van der Waals surface area contributed by atoms with Crippen LogP contribution in [0, 0.1) is 5.82 Å². The lowest BCUT2D eigenvalue weighted by Gasteiger charge is -2.14. The molecule has 0 spiro atoms. The minimum atomic E-state index is -0.677. The summed E-state index contributed by atoms with van der Waals surface area (Å²) < 4.78 is 18.3. The Bertz CT molecular complexity index is 362. The molecule has 0 aromatic heterocycles. The van der Waals surface area contributed by atoms with E-state index >= 15 is 0 Å². The Morgan fingerprint density at radius 1 is 1.53 bits per heavy atom. The monoisotopic (exact) mass is 211 g/mol. The van der Waals surface area contributed by atoms with Crippen LogP contribution in [0.15, 0.2) is 12.1 Å². The average molecular weight is 211 g/mol. The number of hydrogen-bond donors (Lipinski definition) is 2. The molecule has 1 aromatic rings. The molecule has 0 radical (unpaired) electrons. The van der Waals surface area contributed by atoms with Crippen LogP contribution in [-0.4, -0.2) is 18.8 Å². The molecule has 1 saturated heterocycles. The minimum absolute atomic E-state index is 0.0606. The Labute approximate surface area is 87.9 Å². The van der Waals surface area contributed by atoms with Gasteiger partial charge in [0, 0.05) is 11.6 Å². The van der Waals surface area contributed by atoms with Gasteiger partial charge in [0.05, 0.1) is 7.11 Å². The third-order valence-electron chi connectivity index (χ3n) is 2.77. The molecule has 0 bridgehead atoms. The highest BCUT2D eigenvalue weighted by molar-refractivity contribution is 5.43. The van der Waals surface area contributed by atoms with E-state index in [1.165, 1.54) is 7.11 Å². The number of halogens is 1. The fourth-order valence-electron chi connectivity index (χ4n) is 1.95. The molecule has 1 aliphatic rings. The van der Waals surface area contributed by atoms with E-state index in [4.69, 9.17) is 4.74 Å². The molecule has 1 atom stereocenters. The van der Waals surface area contributed by atoms with Gasteiger partial charge in [0.2, 0.25) is 5.82 Å². The molecule has 1 fully saturated rings. The van der Waals surface area contributed by atoms with Crippen molar-refractivity contribution in [3.63, 3.8) is 0 Å². The predicted molar refractivity (Wildman–Crippen MR) is 54.6 cm³/mol. The number of methoxy groups -OCH3 is 1. The summed E-state index contributed by atoms with van der Waals surface area (Å²) in [7, 11) is 1.38. The van der Waals surface area contributed by atoms with Crippen molar-refractivity contribution < 1.29 is 14.2 Å². The van der Waals surface area contributed by atoms with Crippen LogP contribution >= 0.6 is 0 Å². The van der Waals surface area contributed by atoms with Crippen LogP contribution in [0.2, 0.25) is 0 Å². The van der Waals surface area contributed by atoms with Gasteiger partial charge in [0.25, 0.3) is 0 Å². The summed E-state index contributed by atoms with van der Waals surface area (Å²) in [6.07, 6.45) is 1.98. The summed E-state index contributed by atoms with van der Waals surface area (Å²) in [5.74, 6) is -0.897. The van der Waals surface area contributed by atoms with Crippen molar-refractivity contribution in [2.24, 2.45) is 0 Å². The van der Waals surface area contributed by atoms with Crippen molar-refractivity contribution in [2.75, 3.05) is 13.7 Å². The van der Waals surface area contributed by atoms with E-state index in [9.17, 15) is 9.50 Å². The zero-order valence-corrected chi connectivity index (χ0v) is 8.59. The fraction of sp³-hybridized carbons (Fsp3) is 0.455. The second-order valence-electron chi connectivity index (χ2n) is 3.67. The lowest BCUT2D eigenvalue weighted by atomic mass is 10.0. The topological polar surface area (TPSA) is 41.5 Å². The maximum atomic E-state index is 13.5. The molecule has 2 N–H and O–H groups in total. The van der Waals surface area contributed by atoms with E-state index in [-0.39, 0.29) is 17.5 Å². The highest BCUT2D eigenvalue weighted by Gasteiger charge is 2.22. The average Bonchev–Trinajstić information content (AvgIpc) is 2.75. The molecule has 2 rings (SSSR count). The number of benzene rings is 1. The van der Waals surface area contributed by atoms with Crippen molar-refractivity contribution in [3.8, 4) is 11.5 Å². The zero-order valence-electron chi connectivity index (χ0n) is 8.59. The second kappa shape index (κ2) is 4.06. The van der Waals surface area contributed by atoms with Crippen LogP contribution in [-0.2, 0) is 0 Å². The number of aromatic hydroxyl groups is 1. The number of nitrogens with one attached hydrogen (secondary N) is 1. The summed E-state index contributed by atoms with van der Waals surface area (Å²) in [6, 6.07) is 3.32. The van der Waals surface area contributed by atoms with Gasteiger partial charge in [-0.15, -0.1) is 0 Å². The van der Waals surface area contributed by atoms with E-state index in [2.05, 4.69) is 5.32 Å². The van der Waals surface area contributed by atoms with Crippen LogP contribution in [0.3, 0.4) is 0 Å². The summed E-state index contributed by atoms with van der Waals surface area (Å²) in [5, 5.41) is 12.9. The quantitative estimate of drug-likeness (QED) is 0.785. The molecular weight excluding hydrogens is 197 g/mol. The van der Waals surface area contributed by atoms with E-state index in [1.54, 1.807) is 12.1 Å². The minimum Gasteiger partial charge on any atom is -0.504 e. The molecule has 0 amide bonds. The third-order valence-corrected chi connectivity index (χ3v) is 2.77. The second-order valence-corrected chi connectivity index (χ2v) is 3.67. The van der Waals surface area contributed by atoms with Crippen LogP contribution < -0.4 is 10.1 Å². The number of ether oxygens (including phenoxy) is 1. The number of phenolic OH excluding ortho intramolecular Hbond substituents is 1. The van der Waals surface area contributed by atoms with Crippen LogP contribution in [0.4, 0.5) is 4.39 Å². The van der Waals surface area contributed by atoms with Crippen LogP contribution in [0.25, 0.3) is 0 Å². The first-order chi connectivity index (χ1) is 7.24. The van der Waals surface area contributed by atoms with Crippen molar-refractivity contribution >= 4 is 0 Å². The number of rotatable bonds is 2. The molecule has 15 heavy (non-hydrogen) atoms. The molecule has 82 valence electrons. The molecule has 0 aliphatic carbocycles. The van der Waals surface area contributed by atoms with Crippen LogP contribution in [0.5, 0.6) is 11.5 Å². The molecule has 4 heteroatoms. The Kier molecular flexibility index (Phi) is 2.77. The van der Waals surface area contributed by atoms with E-state index in [0.717, 1.165) is 19.4 Å². The van der Waals surface area contributed by atoms with Crippen molar-refractivity contribution in [2.45, 2.75) is 18.9 Å². The molecule has 1 aromatic carbocycles. The van der Waals surface area contributed by atoms with E-state index < -0.39 is 5.82 Å². The van der Waals surface area contributed by atoms with E-state index in [1.807, 2.05) is 0 Å². The van der Waals surface area contributed by atoms with Gasteiger partial charge in [-0.1, -0.05) is 0 Å². The molecule has 1 heterocycles. The molecule has 1 unspecified atom stereocenters. The smallest absolute Gasteiger partial charge is 0.206 e. The Morgan fingerprint density at radius 2 is 2.33 bits per heavy atom. The van der Waals surface area contributed by atoms with Crippen molar-refractivity contribution in [1.82, 2.24) is 5.32 Å². The first kappa shape index (κ1) is 10.2. The lowest BCUT2D eigenvalue weighted by molar-refractivity contribution is 0.359. The Hall–Kier alpha value is -1.29. The summed E-state index contributed by atoms with van der Waals surface area (Å²) >= 11 is 0. The zero-order chi connectivity index (χ0) is 10.8. The number of hydrogen-bond acceptors (Lipinski definition) is 3. The maximum Gasteiger partial charge on any atom is 0.206 e. The number of phenols is 1. The van der Waals surface area contributed by atoms with Gasteiger partial charge >= 0.3 is 0 Å². The largest absolute Gasteiger partial charge is 0.504 e. The standard InChI is InChI=1S/C11H14FNO2/c1-15-9-5-4-7(11(14)10(9)12)8-3-2-6-13-8/h4-5,8,13-14H,2-3,6H2,1H3. The summed E-state index contributed by atoms with van der Waals surface area (Å²) in [6.45, 7) is 0.914.